The normalized spacial score (nSPS) is 18.3. The van der Waals surface area contributed by atoms with Gasteiger partial charge >= 0.3 is 6.18 Å². The lowest BCUT2D eigenvalue weighted by molar-refractivity contribution is -0.143. The first-order valence-corrected chi connectivity index (χ1v) is 9.55. The van der Waals surface area contributed by atoms with Crippen LogP contribution in [0.25, 0.3) is 0 Å². The van der Waals surface area contributed by atoms with Crippen molar-refractivity contribution in [2.24, 2.45) is 4.99 Å². The van der Waals surface area contributed by atoms with E-state index < -0.39 is 12.7 Å². The molecule has 3 N–H and O–H groups in total. The lowest BCUT2D eigenvalue weighted by atomic mass is 10.2. The van der Waals surface area contributed by atoms with E-state index in [-0.39, 0.29) is 6.04 Å². The van der Waals surface area contributed by atoms with E-state index in [2.05, 4.69) is 20.9 Å². The summed E-state index contributed by atoms with van der Waals surface area (Å²) in [4.78, 5) is 5.99. The van der Waals surface area contributed by atoms with Crippen LogP contribution in [0.4, 0.5) is 18.9 Å². The molecule has 0 aliphatic carbocycles. The predicted molar refractivity (Wildman–Crippen MR) is 106 cm³/mol. The van der Waals surface area contributed by atoms with E-state index in [1.54, 1.807) is 7.11 Å². The molecule has 0 radical (unpaired) electrons. The third-order valence-electron chi connectivity index (χ3n) is 4.37. The third-order valence-corrected chi connectivity index (χ3v) is 4.37. The smallest absolute Gasteiger partial charge is 0.383 e. The van der Waals surface area contributed by atoms with E-state index in [0.29, 0.717) is 45.2 Å². The topological polar surface area (TPSA) is 60.9 Å². The van der Waals surface area contributed by atoms with Gasteiger partial charge in [0.2, 0.25) is 0 Å². The monoisotopic (exact) mass is 401 g/mol. The van der Waals surface area contributed by atoms with Crippen LogP contribution < -0.4 is 16.0 Å². The van der Waals surface area contributed by atoms with E-state index in [9.17, 15) is 13.2 Å². The minimum absolute atomic E-state index is 0.0347. The first-order valence-electron chi connectivity index (χ1n) is 9.55. The Labute approximate surface area is 164 Å². The number of anilines is 1. The average Bonchev–Trinajstić information content (AvgIpc) is 3.06. The van der Waals surface area contributed by atoms with Crippen LogP contribution in [0.3, 0.4) is 0 Å². The molecule has 28 heavy (non-hydrogen) atoms. The van der Waals surface area contributed by atoms with Gasteiger partial charge in [-0.3, -0.25) is 4.90 Å². The molecule has 158 valence electrons. The van der Waals surface area contributed by atoms with Crippen molar-refractivity contribution in [3.63, 3.8) is 0 Å². The fraction of sp³-hybridized carbons (Fsp3) is 0.632. The van der Waals surface area contributed by atoms with Crippen molar-refractivity contribution in [3.05, 3.63) is 29.8 Å². The summed E-state index contributed by atoms with van der Waals surface area (Å²) in [5, 5.41) is 9.67. The number of likely N-dealkylation sites (tertiary alicyclic amines) is 1. The van der Waals surface area contributed by atoms with Crippen LogP contribution in [0.1, 0.15) is 18.9 Å². The highest BCUT2D eigenvalue weighted by Gasteiger charge is 2.34. The molecule has 0 aromatic heterocycles. The Bertz CT molecular complexity index is 607. The molecule has 1 aromatic carbocycles. The predicted octanol–water partition coefficient (Wildman–Crippen LogP) is 2.44. The molecule has 0 saturated carbocycles. The maximum atomic E-state index is 12.5. The first kappa shape index (κ1) is 22.3. The second-order valence-electron chi connectivity index (χ2n) is 6.79. The number of nitrogens with zero attached hydrogens (tertiary/aromatic N) is 2. The standard InChI is InChI=1S/C19H30F3N5O/c1-3-23-18(26-17-8-10-27(13-17)14-19(20,21)22)25-12-15-4-6-16(7-5-15)24-9-11-28-2/h4-7,17,24H,3,8-14H2,1-2H3,(H2,23,25,26). The zero-order valence-corrected chi connectivity index (χ0v) is 16.5. The van der Waals surface area contributed by atoms with Crippen molar-refractivity contribution >= 4 is 11.6 Å². The maximum absolute atomic E-state index is 12.5. The molecule has 1 atom stereocenters. The summed E-state index contributed by atoms with van der Waals surface area (Å²) in [5.41, 5.74) is 2.07. The molecule has 0 bridgehead atoms. The number of aliphatic imine (C=N–C) groups is 1. The molecule has 2 rings (SSSR count). The highest BCUT2D eigenvalue weighted by molar-refractivity contribution is 5.80. The highest BCUT2D eigenvalue weighted by Crippen LogP contribution is 2.20. The van der Waals surface area contributed by atoms with Crippen molar-refractivity contribution < 1.29 is 17.9 Å². The van der Waals surface area contributed by atoms with Crippen LogP contribution in [0.15, 0.2) is 29.3 Å². The van der Waals surface area contributed by atoms with E-state index in [1.165, 1.54) is 4.90 Å². The van der Waals surface area contributed by atoms with Crippen LogP contribution in [0, 0.1) is 0 Å². The quantitative estimate of drug-likeness (QED) is 0.337. The van der Waals surface area contributed by atoms with Gasteiger partial charge in [-0.25, -0.2) is 4.99 Å². The maximum Gasteiger partial charge on any atom is 0.401 e. The van der Waals surface area contributed by atoms with Gasteiger partial charge in [-0.1, -0.05) is 12.1 Å². The molecular weight excluding hydrogens is 371 g/mol. The summed E-state index contributed by atoms with van der Waals surface area (Å²) < 4.78 is 42.6. The Morgan fingerprint density at radius 3 is 2.68 bits per heavy atom. The van der Waals surface area contributed by atoms with Gasteiger partial charge in [-0.05, 0) is 31.0 Å². The number of ether oxygens (including phenoxy) is 1. The molecule has 1 fully saturated rings. The minimum atomic E-state index is -4.15. The molecule has 1 heterocycles. The van der Waals surface area contributed by atoms with Crippen LogP contribution in [0.2, 0.25) is 0 Å². The van der Waals surface area contributed by atoms with Gasteiger partial charge in [-0.2, -0.15) is 13.2 Å². The van der Waals surface area contributed by atoms with E-state index in [0.717, 1.165) is 17.8 Å². The molecule has 6 nitrogen and oxygen atoms in total. The summed E-state index contributed by atoms with van der Waals surface area (Å²) in [6.07, 6.45) is -3.49. The van der Waals surface area contributed by atoms with Gasteiger partial charge in [-0.15, -0.1) is 0 Å². The summed E-state index contributed by atoms with van der Waals surface area (Å²) in [6, 6.07) is 7.96. The molecule has 1 aromatic rings. The number of alkyl halides is 3. The Morgan fingerprint density at radius 2 is 2.04 bits per heavy atom. The minimum Gasteiger partial charge on any atom is -0.383 e. The number of guanidine groups is 1. The molecule has 1 saturated heterocycles. The number of rotatable bonds is 9. The first-order chi connectivity index (χ1) is 13.4. The zero-order valence-electron chi connectivity index (χ0n) is 16.5. The Kier molecular flexibility index (Phi) is 8.85. The lowest BCUT2D eigenvalue weighted by Crippen LogP contribution is -2.45. The number of nitrogens with one attached hydrogen (secondary N) is 3. The number of halogens is 3. The van der Waals surface area contributed by atoms with E-state index >= 15 is 0 Å². The molecule has 1 aliphatic heterocycles. The van der Waals surface area contributed by atoms with Crippen molar-refractivity contribution in [1.82, 2.24) is 15.5 Å². The van der Waals surface area contributed by atoms with E-state index in [1.807, 2.05) is 31.2 Å². The van der Waals surface area contributed by atoms with Crippen molar-refractivity contribution in [2.45, 2.75) is 32.1 Å². The zero-order chi connectivity index (χ0) is 20.4. The molecule has 1 aliphatic rings. The highest BCUT2D eigenvalue weighted by atomic mass is 19.4. The summed E-state index contributed by atoms with van der Waals surface area (Å²) in [6.45, 7) is 4.48. The van der Waals surface area contributed by atoms with Crippen LogP contribution in [-0.2, 0) is 11.3 Å². The van der Waals surface area contributed by atoms with Gasteiger partial charge in [0.05, 0.1) is 19.7 Å². The van der Waals surface area contributed by atoms with Gasteiger partial charge in [0, 0.05) is 45.0 Å². The average molecular weight is 401 g/mol. The Balaban J connectivity index is 1.85. The number of benzene rings is 1. The lowest BCUT2D eigenvalue weighted by Gasteiger charge is -2.19. The number of hydrogen-bond donors (Lipinski definition) is 3. The molecule has 0 amide bonds. The summed E-state index contributed by atoms with van der Waals surface area (Å²) in [5.74, 6) is 0.628. The van der Waals surface area contributed by atoms with Crippen LogP contribution >= 0.6 is 0 Å². The molecular formula is C19H30F3N5O. The third kappa shape index (κ3) is 8.35. The molecule has 0 spiro atoms. The second-order valence-corrected chi connectivity index (χ2v) is 6.79. The second kappa shape index (κ2) is 11.1. The number of hydrogen-bond acceptors (Lipinski definition) is 4. The van der Waals surface area contributed by atoms with Crippen molar-refractivity contribution in [2.75, 3.05) is 51.8 Å². The van der Waals surface area contributed by atoms with Gasteiger partial charge < -0.3 is 20.7 Å². The van der Waals surface area contributed by atoms with Gasteiger partial charge in [0.15, 0.2) is 5.96 Å². The Morgan fingerprint density at radius 1 is 1.29 bits per heavy atom. The van der Waals surface area contributed by atoms with Gasteiger partial charge in [0.1, 0.15) is 0 Å². The van der Waals surface area contributed by atoms with Gasteiger partial charge in [0.25, 0.3) is 0 Å². The number of methoxy groups -OCH3 is 1. The van der Waals surface area contributed by atoms with E-state index in [4.69, 9.17) is 4.74 Å². The fourth-order valence-corrected chi connectivity index (χ4v) is 3.06. The molecule has 9 heteroatoms. The fourth-order valence-electron chi connectivity index (χ4n) is 3.06. The Hall–Kier alpha value is -2.00. The van der Waals surface area contributed by atoms with Crippen molar-refractivity contribution in [3.8, 4) is 0 Å². The SMILES string of the molecule is CCNC(=NCc1ccc(NCCOC)cc1)NC1CCN(CC(F)(F)F)C1. The summed E-state index contributed by atoms with van der Waals surface area (Å²) >= 11 is 0. The van der Waals surface area contributed by atoms with Crippen LogP contribution in [-0.4, -0.2) is 69.5 Å². The van der Waals surface area contributed by atoms with Crippen LogP contribution in [0.5, 0.6) is 0 Å². The molecule has 1 unspecified atom stereocenters. The van der Waals surface area contributed by atoms with Crippen molar-refractivity contribution in [1.29, 1.82) is 0 Å². The largest absolute Gasteiger partial charge is 0.401 e. The summed E-state index contributed by atoms with van der Waals surface area (Å²) in [7, 11) is 1.66.